The van der Waals surface area contributed by atoms with Crippen molar-refractivity contribution in [3.63, 3.8) is 0 Å². The molecule has 106 valence electrons. The van der Waals surface area contributed by atoms with Crippen LogP contribution in [0.1, 0.15) is 59.3 Å². The molecule has 1 aliphatic carbocycles. The largest absolute Gasteiger partial charge is 0.328 e. The lowest BCUT2D eigenvalue weighted by Crippen LogP contribution is -2.35. The summed E-state index contributed by atoms with van der Waals surface area (Å²) in [5.41, 5.74) is -0.424. The van der Waals surface area contributed by atoms with Gasteiger partial charge in [0.2, 0.25) is 0 Å². The van der Waals surface area contributed by atoms with Gasteiger partial charge in [0, 0.05) is 18.0 Å². The van der Waals surface area contributed by atoms with Crippen molar-refractivity contribution in [2.45, 2.75) is 65.4 Å². The average molecular weight is 276 g/mol. The van der Waals surface area contributed by atoms with Crippen molar-refractivity contribution < 1.29 is 18.8 Å². The van der Waals surface area contributed by atoms with Crippen LogP contribution in [0.3, 0.4) is 0 Å². The lowest BCUT2D eigenvalue weighted by Gasteiger charge is -2.34. The van der Waals surface area contributed by atoms with Crippen molar-refractivity contribution in [2.75, 3.05) is 6.16 Å². The van der Waals surface area contributed by atoms with Crippen LogP contribution in [-0.2, 0) is 13.9 Å². The lowest BCUT2D eigenvalue weighted by atomic mass is 9.75. The fraction of sp³-hybridized carbons (Fsp3) is 0.923. The molecule has 0 aliphatic heterocycles. The smallest absolute Gasteiger partial charge is 0.324 e. The molecule has 18 heavy (non-hydrogen) atoms. The summed E-state index contributed by atoms with van der Waals surface area (Å²) >= 11 is 0. The number of carbonyl (C=O) groups excluding carboxylic acids is 1. The summed E-state index contributed by atoms with van der Waals surface area (Å²) in [6.45, 7) is 5.81. The molecule has 0 aromatic heterocycles. The van der Waals surface area contributed by atoms with E-state index in [4.69, 9.17) is 4.52 Å². The van der Waals surface area contributed by atoms with Crippen molar-refractivity contribution in [1.29, 1.82) is 0 Å². The summed E-state index contributed by atoms with van der Waals surface area (Å²) in [6.07, 6.45) is 4.23. The minimum Gasteiger partial charge on any atom is -0.324 e. The van der Waals surface area contributed by atoms with Crippen molar-refractivity contribution in [2.24, 2.45) is 5.41 Å². The van der Waals surface area contributed by atoms with Crippen molar-refractivity contribution >= 4 is 13.4 Å². The van der Waals surface area contributed by atoms with E-state index in [0.29, 0.717) is 19.3 Å². The van der Waals surface area contributed by atoms with E-state index in [9.17, 15) is 14.3 Å². The molecule has 0 aromatic carbocycles. The predicted octanol–water partition coefficient (Wildman–Crippen LogP) is 3.53. The maximum Gasteiger partial charge on any atom is 0.328 e. The lowest BCUT2D eigenvalue weighted by molar-refractivity contribution is -0.132. The van der Waals surface area contributed by atoms with Crippen LogP contribution in [0.25, 0.3) is 0 Å². The minimum absolute atomic E-state index is 0.223. The van der Waals surface area contributed by atoms with Gasteiger partial charge in [-0.05, 0) is 19.3 Å². The molecule has 0 bridgehead atoms. The standard InChI is InChI=1S/C13H25O4P/c1-4-5-6-9-18(15,16)17-11-7-8-12(14)13(2,3)10-11/h11H,4-10H2,1-3H3,(H,15,16). The zero-order valence-corrected chi connectivity index (χ0v) is 12.5. The number of carbonyl (C=O) groups is 1. The molecule has 1 fully saturated rings. The second kappa shape index (κ2) is 6.31. The van der Waals surface area contributed by atoms with E-state index >= 15 is 0 Å². The molecule has 2 unspecified atom stereocenters. The molecule has 0 amide bonds. The first-order valence-electron chi connectivity index (χ1n) is 6.80. The van der Waals surface area contributed by atoms with Gasteiger partial charge >= 0.3 is 7.60 Å². The fourth-order valence-corrected chi connectivity index (χ4v) is 3.73. The second-order valence-corrected chi connectivity index (χ2v) is 7.78. The number of ketones is 1. The van der Waals surface area contributed by atoms with Crippen molar-refractivity contribution in [1.82, 2.24) is 0 Å². The molecule has 5 heteroatoms. The van der Waals surface area contributed by atoms with Gasteiger partial charge in [0.1, 0.15) is 5.78 Å². The Morgan fingerprint density at radius 3 is 2.67 bits per heavy atom. The van der Waals surface area contributed by atoms with Crippen LogP contribution < -0.4 is 0 Å². The molecule has 1 rings (SSSR count). The van der Waals surface area contributed by atoms with E-state index in [1.54, 1.807) is 0 Å². The Balaban J connectivity index is 2.47. The van der Waals surface area contributed by atoms with Gasteiger partial charge in [0.25, 0.3) is 0 Å². The third kappa shape index (κ3) is 4.83. The van der Waals surface area contributed by atoms with E-state index in [-0.39, 0.29) is 18.0 Å². The van der Waals surface area contributed by atoms with Gasteiger partial charge < -0.3 is 9.42 Å². The maximum absolute atomic E-state index is 11.9. The van der Waals surface area contributed by atoms with Gasteiger partial charge in [-0.15, -0.1) is 0 Å². The fourth-order valence-electron chi connectivity index (χ4n) is 2.35. The Kier molecular flexibility index (Phi) is 5.57. The number of unbranched alkanes of at least 4 members (excludes halogenated alkanes) is 2. The highest BCUT2D eigenvalue weighted by atomic mass is 31.2. The van der Waals surface area contributed by atoms with Gasteiger partial charge in [-0.25, -0.2) is 0 Å². The highest BCUT2D eigenvalue weighted by molar-refractivity contribution is 7.52. The number of rotatable bonds is 6. The zero-order chi connectivity index (χ0) is 13.8. The summed E-state index contributed by atoms with van der Waals surface area (Å²) < 4.78 is 17.3. The summed E-state index contributed by atoms with van der Waals surface area (Å²) in [6, 6.07) is 0. The third-order valence-corrected chi connectivity index (χ3v) is 5.05. The SMILES string of the molecule is CCCCCP(=O)(O)OC1CCC(=O)C(C)(C)C1. The van der Waals surface area contributed by atoms with Crippen LogP contribution in [0.4, 0.5) is 0 Å². The van der Waals surface area contributed by atoms with Crippen LogP contribution in [0.2, 0.25) is 0 Å². The molecule has 0 spiro atoms. The van der Waals surface area contributed by atoms with Crippen LogP contribution in [-0.4, -0.2) is 22.9 Å². The molecule has 0 heterocycles. The summed E-state index contributed by atoms with van der Waals surface area (Å²) in [4.78, 5) is 21.4. The first-order chi connectivity index (χ1) is 8.27. The average Bonchev–Trinajstić information content (AvgIpc) is 2.23. The highest BCUT2D eigenvalue weighted by Crippen LogP contribution is 2.48. The van der Waals surface area contributed by atoms with Crippen LogP contribution in [0, 0.1) is 5.41 Å². The van der Waals surface area contributed by atoms with E-state index < -0.39 is 13.0 Å². The number of hydrogen-bond donors (Lipinski definition) is 1. The number of hydrogen-bond acceptors (Lipinski definition) is 3. The number of Topliss-reactive ketones (excluding diaryl/α,β-unsaturated/α-hetero) is 1. The normalized spacial score (nSPS) is 26.9. The minimum atomic E-state index is -3.48. The van der Waals surface area contributed by atoms with Gasteiger partial charge in [-0.1, -0.05) is 33.6 Å². The predicted molar refractivity (Wildman–Crippen MR) is 71.7 cm³/mol. The van der Waals surface area contributed by atoms with Crippen molar-refractivity contribution in [3.05, 3.63) is 0 Å². The zero-order valence-electron chi connectivity index (χ0n) is 11.6. The second-order valence-electron chi connectivity index (χ2n) is 5.85. The van der Waals surface area contributed by atoms with Crippen molar-refractivity contribution in [3.8, 4) is 0 Å². The Morgan fingerprint density at radius 1 is 1.44 bits per heavy atom. The van der Waals surface area contributed by atoms with Gasteiger partial charge in [-0.3, -0.25) is 9.36 Å². The maximum atomic E-state index is 11.9. The molecule has 1 saturated carbocycles. The van der Waals surface area contributed by atoms with Crippen LogP contribution in [0.5, 0.6) is 0 Å². The van der Waals surface area contributed by atoms with E-state index in [2.05, 4.69) is 6.92 Å². The van der Waals surface area contributed by atoms with Crippen LogP contribution in [0.15, 0.2) is 0 Å². The van der Waals surface area contributed by atoms with E-state index in [1.165, 1.54) is 0 Å². The first kappa shape index (κ1) is 15.9. The topological polar surface area (TPSA) is 63.6 Å². The Morgan fingerprint density at radius 2 is 2.11 bits per heavy atom. The molecule has 0 radical (unpaired) electrons. The quantitative estimate of drug-likeness (QED) is 0.595. The molecule has 4 nitrogen and oxygen atoms in total. The summed E-state index contributed by atoms with van der Waals surface area (Å²) in [5.74, 6) is 0.223. The Labute approximate surface area is 110 Å². The van der Waals surface area contributed by atoms with Gasteiger partial charge in [-0.2, -0.15) is 0 Å². The van der Waals surface area contributed by atoms with E-state index in [1.807, 2.05) is 13.8 Å². The van der Waals surface area contributed by atoms with Gasteiger partial charge in [0.15, 0.2) is 0 Å². The monoisotopic (exact) mass is 276 g/mol. The molecular weight excluding hydrogens is 251 g/mol. The summed E-state index contributed by atoms with van der Waals surface area (Å²) in [5, 5.41) is 0. The van der Waals surface area contributed by atoms with E-state index in [0.717, 1.165) is 19.3 Å². The third-order valence-electron chi connectivity index (χ3n) is 3.54. The summed E-state index contributed by atoms with van der Waals surface area (Å²) in [7, 11) is -3.48. The molecule has 1 N–H and O–H groups in total. The molecular formula is C13H25O4P. The Bertz CT molecular complexity index is 338. The molecule has 1 aliphatic rings. The molecule has 0 aromatic rings. The molecule has 2 atom stereocenters. The van der Waals surface area contributed by atoms with Crippen LogP contribution >= 0.6 is 7.60 Å². The first-order valence-corrected chi connectivity index (χ1v) is 8.56. The molecule has 0 saturated heterocycles. The highest BCUT2D eigenvalue weighted by Gasteiger charge is 2.38. The Hall–Kier alpha value is -0.180. The van der Waals surface area contributed by atoms with Gasteiger partial charge in [0.05, 0.1) is 6.10 Å².